The first-order chi connectivity index (χ1) is 15.4. The second-order valence-corrected chi connectivity index (χ2v) is 9.71. The number of nitrogens with one attached hydrogen (secondary N) is 1. The lowest BCUT2D eigenvalue weighted by atomic mass is 9.93. The summed E-state index contributed by atoms with van der Waals surface area (Å²) in [6, 6.07) is 7.41. The second kappa shape index (κ2) is 12.6. The van der Waals surface area contributed by atoms with E-state index >= 15 is 0 Å². The molecule has 7 heteroatoms. The molecule has 0 radical (unpaired) electrons. The molecule has 0 saturated carbocycles. The van der Waals surface area contributed by atoms with Crippen LogP contribution in [0.3, 0.4) is 0 Å². The Bertz CT molecular complexity index is 950. The van der Waals surface area contributed by atoms with E-state index in [1.165, 1.54) is 4.31 Å². The molecule has 1 N–H and O–H groups in total. The van der Waals surface area contributed by atoms with E-state index in [0.29, 0.717) is 30.0 Å². The maximum absolute atomic E-state index is 13.4. The van der Waals surface area contributed by atoms with Crippen molar-refractivity contribution in [3.63, 3.8) is 0 Å². The van der Waals surface area contributed by atoms with Gasteiger partial charge in [0.2, 0.25) is 0 Å². The summed E-state index contributed by atoms with van der Waals surface area (Å²) < 4.78 is 33.1. The fourth-order valence-electron chi connectivity index (χ4n) is 3.97. The summed E-state index contributed by atoms with van der Waals surface area (Å²) >= 11 is 0. The zero-order valence-corrected chi connectivity index (χ0v) is 20.3. The molecule has 1 heterocycles. The van der Waals surface area contributed by atoms with Crippen LogP contribution in [-0.4, -0.2) is 34.6 Å². The minimum absolute atomic E-state index is 0.137. The van der Waals surface area contributed by atoms with E-state index in [1.54, 1.807) is 25.3 Å². The van der Waals surface area contributed by atoms with Gasteiger partial charge >= 0.3 is 5.97 Å². The van der Waals surface area contributed by atoms with Crippen molar-refractivity contribution in [1.29, 1.82) is 0 Å². The first kappa shape index (κ1) is 25.9. The SMILES string of the molecule is C=CCC1=C(C=CC)S(=O)(=O)N(C)c2ccccc2C1NCCCCCCC(=O)OCC. The summed E-state index contributed by atoms with van der Waals surface area (Å²) in [7, 11) is -2.07. The van der Waals surface area contributed by atoms with Crippen LogP contribution in [0.5, 0.6) is 0 Å². The lowest BCUT2D eigenvalue weighted by Gasteiger charge is -2.23. The van der Waals surface area contributed by atoms with Gasteiger partial charge in [0.15, 0.2) is 0 Å². The van der Waals surface area contributed by atoms with Gasteiger partial charge in [-0.05, 0) is 62.9 Å². The third-order valence-electron chi connectivity index (χ3n) is 5.53. The van der Waals surface area contributed by atoms with Gasteiger partial charge in [-0.15, -0.1) is 6.58 Å². The van der Waals surface area contributed by atoms with E-state index in [0.717, 1.165) is 43.4 Å². The molecule has 1 unspecified atom stereocenters. The van der Waals surface area contributed by atoms with Gasteiger partial charge < -0.3 is 10.1 Å². The minimum Gasteiger partial charge on any atom is -0.466 e. The molecule has 6 nitrogen and oxygen atoms in total. The molecule has 1 aromatic rings. The van der Waals surface area contributed by atoms with Crippen LogP contribution in [0.15, 0.2) is 59.6 Å². The van der Waals surface area contributed by atoms with Crippen LogP contribution in [-0.2, 0) is 19.6 Å². The van der Waals surface area contributed by atoms with E-state index in [1.807, 2.05) is 38.1 Å². The second-order valence-electron chi connectivity index (χ2n) is 7.77. The number of benzene rings is 1. The van der Waals surface area contributed by atoms with E-state index in [9.17, 15) is 13.2 Å². The zero-order valence-electron chi connectivity index (χ0n) is 19.5. The molecule has 2 rings (SSSR count). The first-order valence-electron chi connectivity index (χ1n) is 11.3. The lowest BCUT2D eigenvalue weighted by Crippen LogP contribution is -2.27. The molecule has 1 aromatic carbocycles. The molecule has 0 saturated heterocycles. The summed E-state index contributed by atoms with van der Waals surface area (Å²) in [5, 5.41) is 3.60. The maximum atomic E-state index is 13.4. The monoisotopic (exact) mass is 460 g/mol. The summed E-state index contributed by atoms with van der Waals surface area (Å²) in [6.45, 7) is 8.67. The molecule has 0 aromatic heterocycles. The normalized spacial score (nSPS) is 17.8. The highest BCUT2D eigenvalue weighted by Crippen LogP contribution is 2.40. The molecule has 1 aliphatic heterocycles. The largest absolute Gasteiger partial charge is 0.466 e. The Kier molecular flexibility index (Phi) is 10.2. The van der Waals surface area contributed by atoms with Crippen LogP contribution in [0.2, 0.25) is 0 Å². The molecule has 1 aliphatic rings. The van der Waals surface area contributed by atoms with Gasteiger partial charge in [0.1, 0.15) is 0 Å². The number of sulfonamides is 1. The van der Waals surface area contributed by atoms with Crippen molar-refractivity contribution in [1.82, 2.24) is 5.32 Å². The average Bonchev–Trinajstić information content (AvgIpc) is 2.83. The van der Waals surface area contributed by atoms with E-state index in [4.69, 9.17) is 4.74 Å². The number of hydrogen-bond acceptors (Lipinski definition) is 5. The van der Waals surface area contributed by atoms with Gasteiger partial charge in [-0.1, -0.05) is 43.2 Å². The molecular formula is C25H36N2O4S. The number of rotatable bonds is 12. The molecule has 1 atom stereocenters. The quantitative estimate of drug-likeness (QED) is 0.269. The Hall–Kier alpha value is -2.38. The van der Waals surface area contributed by atoms with Crippen molar-refractivity contribution >= 4 is 21.7 Å². The Morgan fingerprint density at radius 2 is 1.94 bits per heavy atom. The summed E-state index contributed by atoms with van der Waals surface area (Å²) in [5.41, 5.74) is 2.43. The number of para-hydroxylation sites is 1. The number of allylic oxidation sites excluding steroid dienone is 3. The number of hydrogen-bond donors (Lipinski definition) is 1. The highest BCUT2D eigenvalue weighted by molar-refractivity contribution is 7.96. The van der Waals surface area contributed by atoms with Crippen LogP contribution >= 0.6 is 0 Å². The van der Waals surface area contributed by atoms with Crippen LogP contribution in [0.4, 0.5) is 5.69 Å². The Morgan fingerprint density at radius 1 is 1.22 bits per heavy atom. The van der Waals surface area contributed by atoms with E-state index in [2.05, 4.69) is 11.9 Å². The summed E-state index contributed by atoms with van der Waals surface area (Å²) in [4.78, 5) is 11.8. The average molecular weight is 461 g/mol. The summed E-state index contributed by atoms with van der Waals surface area (Å²) in [5.74, 6) is -0.137. The van der Waals surface area contributed by atoms with Gasteiger partial charge in [-0.2, -0.15) is 0 Å². The van der Waals surface area contributed by atoms with Crippen molar-refractivity contribution in [3.05, 3.63) is 65.1 Å². The topological polar surface area (TPSA) is 75.7 Å². The maximum Gasteiger partial charge on any atom is 0.305 e. The third-order valence-corrected chi connectivity index (χ3v) is 7.41. The van der Waals surface area contributed by atoms with Crippen molar-refractivity contribution in [3.8, 4) is 0 Å². The number of fused-ring (bicyclic) bond motifs is 1. The predicted octanol–water partition coefficient (Wildman–Crippen LogP) is 5.02. The fraction of sp³-hybridized carbons (Fsp3) is 0.480. The van der Waals surface area contributed by atoms with Crippen molar-refractivity contribution in [2.75, 3.05) is 24.5 Å². The van der Waals surface area contributed by atoms with Gasteiger partial charge in [0, 0.05) is 13.5 Å². The number of ether oxygens (including phenoxy) is 1. The van der Waals surface area contributed by atoms with Gasteiger partial charge in [0.25, 0.3) is 10.0 Å². The van der Waals surface area contributed by atoms with Crippen LogP contribution in [0, 0.1) is 0 Å². The lowest BCUT2D eigenvalue weighted by molar-refractivity contribution is -0.143. The molecule has 0 fully saturated rings. The number of unbranched alkanes of at least 4 members (excludes halogenated alkanes) is 3. The molecule has 32 heavy (non-hydrogen) atoms. The Labute approximate surface area is 193 Å². The molecule has 0 aliphatic carbocycles. The Morgan fingerprint density at radius 3 is 2.62 bits per heavy atom. The smallest absolute Gasteiger partial charge is 0.305 e. The number of anilines is 1. The standard InChI is InChI=1S/C25H36N2O4S/c1-5-14-21-23(15-6-2)32(29,30)27(4)22-17-12-11-16-20(22)25(21)26-19-13-9-8-10-18-24(28)31-7-3/h5-6,11-12,15-17,25-26H,1,7-10,13-14,18-19H2,2-4H3. The van der Waals surface area contributed by atoms with E-state index in [-0.39, 0.29) is 12.0 Å². The molecule has 0 bridgehead atoms. The predicted molar refractivity (Wildman–Crippen MR) is 131 cm³/mol. The fourth-order valence-corrected chi connectivity index (χ4v) is 5.53. The highest BCUT2D eigenvalue weighted by atomic mass is 32.2. The van der Waals surface area contributed by atoms with Crippen LogP contribution < -0.4 is 9.62 Å². The van der Waals surface area contributed by atoms with Gasteiger partial charge in [0.05, 0.1) is 23.2 Å². The number of nitrogens with zero attached hydrogens (tertiary/aromatic N) is 1. The Balaban J connectivity index is 2.20. The molecular weight excluding hydrogens is 424 g/mol. The summed E-state index contributed by atoms with van der Waals surface area (Å²) in [6.07, 6.45) is 9.83. The number of carbonyl (C=O) groups is 1. The van der Waals surface area contributed by atoms with Crippen LogP contribution in [0.1, 0.15) is 64.0 Å². The molecule has 0 amide bonds. The number of esters is 1. The molecule has 0 spiro atoms. The minimum atomic E-state index is -3.68. The number of carbonyl (C=O) groups excluding carboxylic acids is 1. The highest BCUT2D eigenvalue weighted by Gasteiger charge is 2.35. The van der Waals surface area contributed by atoms with Crippen molar-refractivity contribution in [2.45, 2.75) is 58.4 Å². The van der Waals surface area contributed by atoms with Crippen molar-refractivity contribution < 1.29 is 17.9 Å². The molecule has 176 valence electrons. The van der Waals surface area contributed by atoms with Gasteiger partial charge in [-0.3, -0.25) is 9.10 Å². The van der Waals surface area contributed by atoms with Gasteiger partial charge in [-0.25, -0.2) is 8.42 Å². The zero-order chi connectivity index (χ0) is 23.6. The first-order valence-corrected chi connectivity index (χ1v) is 12.8. The van der Waals surface area contributed by atoms with Crippen LogP contribution in [0.25, 0.3) is 0 Å². The van der Waals surface area contributed by atoms with Crippen molar-refractivity contribution in [2.24, 2.45) is 0 Å². The third kappa shape index (κ3) is 6.33. The van der Waals surface area contributed by atoms with E-state index < -0.39 is 10.0 Å².